The molecule has 6 heteroatoms. The maximum absolute atomic E-state index is 10.6. The Morgan fingerprint density at radius 3 is 2.83 bits per heavy atom. The number of aliphatic carboxylic acids is 1. The smallest absolute Gasteiger partial charge is 0.305 e. The fourth-order valence-electron chi connectivity index (χ4n) is 1.47. The third-order valence-electron chi connectivity index (χ3n) is 2.14. The summed E-state index contributed by atoms with van der Waals surface area (Å²) < 4.78 is 0. The van der Waals surface area contributed by atoms with E-state index in [1.165, 1.54) is 0 Å². The lowest BCUT2D eigenvalue weighted by Crippen LogP contribution is -2.20. The van der Waals surface area contributed by atoms with Gasteiger partial charge in [-0.25, -0.2) is 9.97 Å². The molecule has 1 unspecified atom stereocenters. The maximum atomic E-state index is 10.6. The molecule has 1 heterocycles. The fraction of sp³-hybridized carbons (Fsp3) is 0.417. The molecular weight excluding hydrogens is 232 g/mol. The van der Waals surface area contributed by atoms with E-state index in [-0.39, 0.29) is 12.5 Å². The van der Waals surface area contributed by atoms with E-state index in [2.05, 4.69) is 27.2 Å². The van der Waals surface area contributed by atoms with Crippen molar-refractivity contribution in [1.29, 1.82) is 0 Å². The predicted octanol–water partition coefficient (Wildman–Crippen LogP) is 1.66. The van der Waals surface area contributed by atoms with Crippen LogP contribution in [-0.2, 0) is 4.79 Å². The molecule has 0 radical (unpaired) electrons. The topological polar surface area (TPSA) is 87.1 Å². The van der Waals surface area contributed by atoms with E-state index in [0.717, 1.165) is 0 Å². The molecule has 0 saturated heterocycles. The monoisotopic (exact) mass is 250 g/mol. The molecule has 0 bridgehead atoms. The Bertz CT molecular complexity index is 434. The largest absolute Gasteiger partial charge is 0.481 e. The Balaban J connectivity index is 2.72. The molecule has 6 nitrogen and oxygen atoms in total. The van der Waals surface area contributed by atoms with Crippen LogP contribution in [0.4, 0.5) is 11.6 Å². The average molecular weight is 250 g/mol. The highest BCUT2D eigenvalue weighted by molar-refractivity contribution is 5.68. The first-order chi connectivity index (χ1) is 8.51. The molecular formula is C12H18N4O2. The van der Waals surface area contributed by atoms with E-state index in [1.54, 1.807) is 26.0 Å². The molecule has 0 amide bonds. The van der Waals surface area contributed by atoms with Gasteiger partial charge < -0.3 is 15.7 Å². The SMILES string of the molecule is C=CCNc1cc(NC(C)CC(=O)O)nc(C)n1. The number of carboxylic acids is 1. The van der Waals surface area contributed by atoms with Gasteiger partial charge in [-0.1, -0.05) is 6.08 Å². The minimum absolute atomic E-state index is 0.0401. The zero-order valence-corrected chi connectivity index (χ0v) is 10.6. The van der Waals surface area contributed by atoms with E-state index in [1.807, 2.05) is 0 Å². The summed E-state index contributed by atoms with van der Waals surface area (Å²) in [7, 11) is 0. The number of nitrogens with one attached hydrogen (secondary N) is 2. The molecule has 0 saturated carbocycles. The first-order valence-corrected chi connectivity index (χ1v) is 5.70. The van der Waals surface area contributed by atoms with Crippen molar-refractivity contribution in [1.82, 2.24) is 9.97 Å². The number of nitrogens with zero attached hydrogens (tertiary/aromatic N) is 2. The molecule has 0 aliphatic rings. The van der Waals surface area contributed by atoms with E-state index in [0.29, 0.717) is 24.0 Å². The van der Waals surface area contributed by atoms with Crippen LogP contribution in [0.1, 0.15) is 19.2 Å². The van der Waals surface area contributed by atoms with Crippen molar-refractivity contribution in [3.63, 3.8) is 0 Å². The minimum atomic E-state index is -0.842. The summed E-state index contributed by atoms with van der Waals surface area (Å²) in [5.41, 5.74) is 0. The van der Waals surface area contributed by atoms with Gasteiger partial charge in [-0.3, -0.25) is 4.79 Å². The third-order valence-corrected chi connectivity index (χ3v) is 2.14. The highest BCUT2D eigenvalue weighted by atomic mass is 16.4. The molecule has 1 aromatic heterocycles. The Labute approximate surface area is 106 Å². The molecule has 1 rings (SSSR count). The van der Waals surface area contributed by atoms with E-state index in [4.69, 9.17) is 5.11 Å². The summed E-state index contributed by atoms with van der Waals surface area (Å²) in [6.07, 6.45) is 1.77. The van der Waals surface area contributed by atoms with Crippen molar-refractivity contribution in [2.45, 2.75) is 26.3 Å². The van der Waals surface area contributed by atoms with Gasteiger partial charge in [0, 0.05) is 18.7 Å². The Morgan fingerprint density at radius 1 is 1.56 bits per heavy atom. The van der Waals surface area contributed by atoms with Crippen molar-refractivity contribution in [3.05, 3.63) is 24.5 Å². The summed E-state index contributed by atoms with van der Waals surface area (Å²) in [5, 5.41) is 14.8. The lowest BCUT2D eigenvalue weighted by Gasteiger charge is -2.13. The van der Waals surface area contributed by atoms with Crippen molar-refractivity contribution in [2.75, 3.05) is 17.2 Å². The van der Waals surface area contributed by atoms with Gasteiger partial charge in [0.1, 0.15) is 17.5 Å². The van der Waals surface area contributed by atoms with Crippen molar-refractivity contribution in [3.8, 4) is 0 Å². The van der Waals surface area contributed by atoms with Gasteiger partial charge in [-0.05, 0) is 13.8 Å². The number of rotatable bonds is 7. The summed E-state index contributed by atoms with van der Waals surface area (Å²) in [6, 6.07) is 1.55. The van der Waals surface area contributed by atoms with Crippen molar-refractivity contribution >= 4 is 17.6 Å². The summed E-state index contributed by atoms with van der Waals surface area (Å²) in [4.78, 5) is 19.0. The average Bonchev–Trinajstić information content (AvgIpc) is 2.24. The van der Waals surface area contributed by atoms with Crippen LogP contribution in [0.5, 0.6) is 0 Å². The fourth-order valence-corrected chi connectivity index (χ4v) is 1.47. The second-order valence-electron chi connectivity index (χ2n) is 4.00. The maximum Gasteiger partial charge on any atom is 0.305 e. The molecule has 0 fully saturated rings. The van der Waals surface area contributed by atoms with Crippen LogP contribution < -0.4 is 10.6 Å². The normalized spacial score (nSPS) is 11.7. The number of aromatic nitrogens is 2. The third kappa shape index (κ3) is 4.82. The first kappa shape index (κ1) is 14.0. The summed E-state index contributed by atoms with van der Waals surface area (Å²) >= 11 is 0. The molecule has 0 spiro atoms. The summed E-state index contributed by atoms with van der Waals surface area (Å²) in [6.45, 7) is 7.80. The number of carboxylic acid groups (broad SMARTS) is 1. The second-order valence-corrected chi connectivity index (χ2v) is 4.00. The van der Waals surface area contributed by atoms with Gasteiger partial charge in [-0.2, -0.15) is 0 Å². The number of hydrogen-bond acceptors (Lipinski definition) is 5. The van der Waals surface area contributed by atoms with Crippen molar-refractivity contribution in [2.24, 2.45) is 0 Å². The molecule has 1 aromatic rings. The molecule has 18 heavy (non-hydrogen) atoms. The standard InChI is InChI=1S/C12H18N4O2/c1-4-5-13-10-7-11(16-9(3)15-10)14-8(2)6-12(17)18/h4,7-8H,1,5-6H2,2-3H3,(H,17,18)(H2,13,14,15,16). The zero-order valence-electron chi connectivity index (χ0n) is 10.6. The van der Waals surface area contributed by atoms with E-state index in [9.17, 15) is 4.79 Å². The van der Waals surface area contributed by atoms with Gasteiger partial charge in [0.25, 0.3) is 0 Å². The lowest BCUT2D eigenvalue weighted by atomic mass is 10.2. The van der Waals surface area contributed by atoms with Crippen LogP contribution in [0.3, 0.4) is 0 Å². The lowest BCUT2D eigenvalue weighted by molar-refractivity contribution is -0.137. The first-order valence-electron chi connectivity index (χ1n) is 5.70. The predicted molar refractivity (Wildman–Crippen MR) is 70.8 cm³/mol. The molecule has 0 aliphatic heterocycles. The highest BCUT2D eigenvalue weighted by Gasteiger charge is 2.09. The molecule has 98 valence electrons. The quantitative estimate of drug-likeness (QED) is 0.638. The van der Waals surface area contributed by atoms with Crippen LogP contribution in [0.2, 0.25) is 0 Å². The van der Waals surface area contributed by atoms with Gasteiger partial charge >= 0.3 is 5.97 Å². The number of aryl methyl sites for hydroxylation is 1. The Kier molecular flexibility index (Phi) is 5.10. The van der Waals surface area contributed by atoms with E-state index >= 15 is 0 Å². The number of hydrogen-bond donors (Lipinski definition) is 3. The van der Waals surface area contributed by atoms with Crippen LogP contribution in [0.15, 0.2) is 18.7 Å². The zero-order chi connectivity index (χ0) is 13.5. The van der Waals surface area contributed by atoms with Crippen LogP contribution in [-0.4, -0.2) is 33.6 Å². The Morgan fingerprint density at radius 2 is 2.22 bits per heavy atom. The van der Waals surface area contributed by atoms with Crippen LogP contribution in [0.25, 0.3) is 0 Å². The minimum Gasteiger partial charge on any atom is -0.481 e. The highest BCUT2D eigenvalue weighted by Crippen LogP contribution is 2.12. The summed E-state index contributed by atoms with van der Waals surface area (Å²) in [5.74, 6) is 1.08. The number of carbonyl (C=O) groups is 1. The van der Waals surface area contributed by atoms with Crippen LogP contribution in [0, 0.1) is 6.92 Å². The molecule has 3 N–H and O–H groups in total. The van der Waals surface area contributed by atoms with Gasteiger partial charge in [-0.15, -0.1) is 6.58 Å². The molecule has 1 atom stereocenters. The van der Waals surface area contributed by atoms with Gasteiger partial charge in [0.2, 0.25) is 0 Å². The molecule has 0 aliphatic carbocycles. The van der Waals surface area contributed by atoms with Crippen LogP contribution >= 0.6 is 0 Å². The van der Waals surface area contributed by atoms with Gasteiger partial charge in [0.15, 0.2) is 0 Å². The second kappa shape index (κ2) is 6.58. The molecule has 0 aromatic carbocycles. The van der Waals surface area contributed by atoms with E-state index < -0.39 is 5.97 Å². The van der Waals surface area contributed by atoms with Crippen molar-refractivity contribution < 1.29 is 9.90 Å². The van der Waals surface area contributed by atoms with Gasteiger partial charge in [0.05, 0.1) is 6.42 Å². The number of anilines is 2. The Hall–Kier alpha value is -2.11.